The molecule has 21 heavy (non-hydrogen) atoms. The third-order valence-corrected chi connectivity index (χ3v) is 4.33. The molecule has 0 spiro atoms. The number of rotatable bonds is 4. The molecule has 1 heterocycles. The summed E-state index contributed by atoms with van der Waals surface area (Å²) in [5.41, 5.74) is 6.44. The minimum atomic E-state index is -0.467. The Kier molecular flexibility index (Phi) is 4.13. The largest absolute Gasteiger partial charge is 0.364 e. The van der Waals surface area contributed by atoms with E-state index in [1.54, 1.807) is 0 Å². The van der Waals surface area contributed by atoms with Crippen LogP contribution in [0.3, 0.4) is 0 Å². The fourth-order valence-electron chi connectivity index (χ4n) is 3.16. The third-order valence-electron chi connectivity index (χ3n) is 4.33. The predicted molar refractivity (Wildman–Crippen MR) is 80.5 cm³/mol. The van der Waals surface area contributed by atoms with E-state index in [9.17, 15) is 8.78 Å². The number of benzene rings is 1. The van der Waals surface area contributed by atoms with Gasteiger partial charge in [-0.15, -0.1) is 0 Å². The zero-order valence-electron chi connectivity index (χ0n) is 12.5. The summed E-state index contributed by atoms with van der Waals surface area (Å²) < 4.78 is 28.6. The number of halogens is 2. The standard InChI is InChI=1S/C16H23F2N3/c1-11(19)8-12-9-14(17)16(15(18)10-12)21-6-4-20(5-7-21)13-2-3-13/h9-11,13H,2-8,19H2,1H3. The van der Waals surface area contributed by atoms with Crippen molar-refractivity contribution in [1.29, 1.82) is 0 Å². The van der Waals surface area contributed by atoms with Gasteiger partial charge in [0.1, 0.15) is 17.3 Å². The monoisotopic (exact) mass is 295 g/mol. The first-order valence-corrected chi connectivity index (χ1v) is 7.77. The summed E-state index contributed by atoms with van der Waals surface area (Å²) in [7, 11) is 0. The molecule has 1 unspecified atom stereocenters. The highest BCUT2D eigenvalue weighted by atomic mass is 19.1. The Bertz CT molecular complexity index is 483. The van der Waals surface area contributed by atoms with E-state index in [0.29, 0.717) is 25.1 Å². The van der Waals surface area contributed by atoms with Crippen LogP contribution in [0.1, 0.15) is 25.3 Å². The van der Waals surface area contributed by atoms with Gasteiger partial charge in [-0.25, -0.2) is 8.78 Å². The molecular formula is C16H23F2N3. The van der Waals surface area contributed by atoms with Crippen molar-refractivity contribution in [3.05, 3.63) is 29.3 Å². The maximum Gasteiger partial charge on any atom is 0.149 e. The molecule has 0 radical (unpaired) electrons. The number of nitrogens with zero attached hydrogens (tertiary/aromatic N) is 2. The number of hydrogen-bond donors (Lipinski definition) is 1. The first-order chi connectivity index (χ1) is 10.0. The molecule has 0 aromatic heterocycles. The lowest BCUT2D eigenvalue weighted by Gasteiger charge is -2.36. The van der Waals surface area contributed by atoms with Crippen LogP contribution in [0.4, 0.5) is 14.5 Å². The zero-order chi connectivity index (χ0) is 15.0. The van der Waals surface area contributed by atoms with Crippen LogP contribution >= 0.6 is 0 Å². The number of nitrogens with two attached hydrogens (primary N) is 1. The summed E-state index contributed by atoms with van der Waals surface area (Å²) >= 11 is 0. The van der Waals surface area contributed by atoms with Gasteiger partial charge in [-0.3, -0.25) is 4.90 Å². The van der Waals surface area contributed by atoms with Gasteiger partial charge in [-0.2, -0.15) is 0 Å². The molecule has 0 bridgehead atoms. The van der Waals surface area contributed by atoms with E-state index in [4.69, 9.17) is 5.73 Å². The molecule has 5 heteroatoms. The van der Waals surface area contributed by atoms with E-state index in [1.807, 2.05) is 11.8 Å². The maximum atomic E-state index is 14.3. The molecule has 1 aromatic carbocycles. The lowest BCUT2D eigenvalue weighted by atomic mass is 10.1. The molecular weight excluding hydrogens is 272 g/mol. The normalized spacial score (nSPS) is 21.6. The van der Waals surface area contributed by atoms with Gasteiger partial charge in [0.25, 0.3) is 0 Å². The van der Waals surface area contributed by atoms with Crippen LogP contribution in [0.25, 0.3) is 0 Å². The highest BCUT2D eigenvalue weighted by Gasteiger charge is 2.32. The molecule has 1 aliphatic heterocycles. The topological polar surface area (TPSA) is 32.5 Å². The smallest absolute Gasteiger partial charge is 0.149 e. The van der Waals surface area contributed by atoms with Crippen LogP contribution in [-0.2, 0) is 6.42 Å². The minimum absolute atomic E-state index is 0.100. The molecule has 2 aliphatic rings. The third kappa shape index (κ3) is 3.35. The Morgan fingerprint density at radius 1 is 1.14 bits per heavy atom. The Balaban J connectivity index is 1.72. The molecule has 116 valence electrons. The zero-order valence-corrected chi connectivity index (χ0v) is 12.5. The predicted octanol–water partition coefficient (Wildman–Crippen LogP) is 2.14. The second-order valence-electron chi connectivity index (χ2n) is 6.34. The summed E-state index contributed by atoms with van der Waals surface area (Å²) in [4.78, 5) is 4.26. The van der Waals surface area contributed by atoms with Crippen molar-refractivity contribution in [2.75, 3.05) is 31.1 Å². The van der Waals surface area contributed by atoms with Crippen LogP contribution in [0.15, 0.2) is 12.1 Å². The molecule has 1 aromatic rings. The van der Waals surface area contributed by atoms with Crippen molar-refractivity contribution in [1.82, 2.24) is 4.90 Å². The van der Waals surface area contributed by atoms with Gasteiger partial charge >= 0.3 is 0 Å². The Hall–Kier alpha value is -1.20. The fraction of sp³-hybridized carbons (Fsp3) is 0.625. The van der Waals surface area contributed by atoms with E-state index >= 15 is 0 Å². The summed E-state index contributed by atoms with van der Waals surface area (Å²) in [6.45, 7) is 5.01. The average Bonchev–Trinajstić information content (AvgIpc) is 3.22. The lowest BCUT2D eigenvalue weighted by Crippen LogP contribution is -2.47. The lowest BCUT2D eigenvalue weighted by molar-refractivity contribution is 0.247. The Labute approximate surface area is 124 Å². The van der Waals surface area contributed by atoms with E-state index in [2.05, 4.69) is 4.90 Å². The van der Waals surface area contributed by atoms with Gasteiger partial charge in [0.15, 0.2) is 0 Å². The summed E-state index contributed by atoms with van der Waals surface area (Å²) in [5, 5.41) is 0. The average molecular weight is 295 g/mol. The molecule has 2 fully saturated rings. The van der Waals surface area contributed by atoms with Crippen molar-refractivity contribution in [2.24, 2.45) is 5.73 Å². The van der Waals surface area contributed by atoms with Crippen LogP contribution in [0.2, 0.25) is 0 Å². The molecule has 2 N–H and O–H groups in total. The summed E-state index contributed by atoms with van der Waals surface area (Å²) in [5.74, 6) is -0.934. The van der Waals surface area contributed by atoms with Gasteiger partial charge in [-0.05, 0) is 43.9 Å². The summed E-state index contributed by atoms with van der Waals surface area (Å²) in [6, 6.07) is 3.47. The van der Waals surface area contributed by atoms with Gasteiger partial charge in [0.05, 0.1) is 0 Å². The quantitative estimate of drug-likeness (QED) is 0.924. The van der Waals surface area contributed by atoms with Gasteiger partial charge < -0.3 is 10.6 Å². The number of hydrogen-bond acceptors (Lipinski definition) is 3. The van der Waals surface area contributed by atoms with Crippen LogP contribution in [0, 0.1) is 11.6 Å². The molecule has 3 rings (SSSR count). The van der Waals surface area contributed by atoms with Gasteiger partial charge in [0.2, 0.25) is 0 Å². The summed E-state index contributed by atoms with van der Waals surface area (Å²) in [6.07, 6.45) is 3.03. The second-order valence-corrected chi connectivity index (χ2v) is 6.34. The first-order valence-electron chi connectivity index (χ1n) is 7.77. The van der Waals surface area contributed by atoms with E-state index < -0.39 is 11.6 Å². The Morgan fingerprint density at radius 2 is 1.71 bits per heavy atom. The van der Waals surface area contributed by atoms with Crippen LogP contribution in [-0.4, -0.2) is 43.2 Å². The highest BCUT2D eigenvalue weighted by Crippen LogP contribution is 2.30. The van der Waals surface area contributed by atoms with Crippen molar-refractivity contribution < 1.29 is 8.78 Å². The SMILES string of the molecule is CC(N)Cc1cc(F)c(N2CCN(C3CC3)CC2)c(F)c1. The van der Waals surface area contributed by atoms with Crippen molar-refractivity contribution in [3.8, 4) is 0 Å². The van der Waals surface area contributed by atoms with Crippen molar-refractivity contribution in [3.63, 3.8) is 0 Å². The molecule has 0 amide bonds. The van der Waals surface area contributed by atoms with E-state index in [0.717, 1.165) is 19.1 Å². The molecule has 1 saturated carbocycles. The number of anilines is 1. The molecule has 1 aliphatic carbocycles. The van der Waals surface area contributed by atoms with Crippen LogP contribution in [0.5, 0.6) is 0 Å². The van der Waals surface area contributed by atoms with E-state index in [-0.39, 0.29) is 11.7 Å². The molecule has 1 saturated heterocycles. The van der Waals surface area contributed by atoms with Crippen molar-refractivity contribution in [2.45, 2.75) is 38.3 Å². The molecule has 3 nitrogen and oxygen atoms in total. The van der Waals surface area contributed by atoms with E-state index in [1.165, 1.54) is 25.0 Å². The fourth-order valence-corrected chi connectivity index (χ4v) is 3.16. The minimum Gasteiger partial charge on any atom is -0.364 e. The highest BCUT2D eigenvalue weighted by molar-refractivity contribution is 5.51. The maximum absolute atomic E-state index is 14.3. The van der Waals surface area contributed by atoms with Crippen LogP contribution < -0.4 is 10.6 Å². The first kappa shape index (κ1) is 14.7. The molecule has 1 atom stereocenters. The Morgan fingerprint density at radius 3 is 2.19 bits per heavy atom. The van der Waals surface area contributed by atoms with Gasteiger partial charge in [0, 0.05) is 38.3 Å². The van der Waals surface area contributed by atoms with Crippen molar-refractivity contribution >= 4 is 5.69 Å². The van der Waals surface area contributed by atoms with Gasteiger partial charge in [-0.1, -0.05) is 0 Å². The second kappa shape index (κ2) is 5.89. The number of piperazine rings is 1.